The highest BCUT2D eigenvalue weighted by Gasteiger charge is 2.13. The lowest BCUT2D eigenvalue weighted by Gasteiger charge is -2.20. The molecule has 0 fully saturated rings. The van der Waals surface area contributed by atoms with E-state index in [0.29, 0.717) is 23.0 Å². The van der Waals surface area contributed by atoms with Crippen LogP contribution in [0.4, 0.5) is 5.69 Å². The average Bonchev–Trinajstić information content (AvgIpc) is 2.26. The van der Waals surface area contributed by atoms with Gasteiger partial charge in [0.05, 0.1) is 0 Å². The van der Waals surface area contributed by atoms with E-state index >= 15 is 0 Å². The van der Waals surface area contributed by atoms with Crippen molar-refractivity contribution in [3.05, 3.63) is 28.8 Å². The quantitative estimate of drug-likeness (QED) is 0.731. The molecule has 0 heterocycles. The lowest BCUT2D eigenvalue weighted by Crippen LogP contribution is -2.41. The Labute approximate surface area is 130 Å². The maximum atomic E-state index is 11.7. The van der Waals surface area contributed by atoms with Crippen molar-refractivity contribution in [3.63, 3.8) is 0 Å². The highest BCUT2D eigenvalue weighted by atomic mass is 35.5. The SMILES string of the molecule is CC(C)(C)NC(=O)CCNc1cc(Cl)ccc1C(N)=S. The highest BCUT2D eigenvalue weighted by molar-refractivity contribution is 7.80. The predicted octanol–water partition coefficient (Wildman–Crippen LogP) is 2.69. The Morgan fingerprint density at radius 3 is 2.60 bits per heavy atom. The average molecular weight is 314 g/mol. The lowest BCUT2D eigenvalue weighted by molar-refractivity contribution is -0.122. The molecular formula is C14H20ClN3OS. The van der Waals surface area contributed by atoms with Crippen LogP contribution >= 0.6 is 23.8 Å². The normalized spacial score (nSPS) is 11.0. The topological polar surface area (TPSA) is 67.2 Å². The van der Waals surface area contributed by atoms with Crippen LogP contribution in [0.5, 0.6) is 0 Å². The van der Waals surface area contributed by atoms with Crippen molar-refractivity contribution in [2.75, 3.05) is 11.9 Å². The van der Waals surface area contributed by atoms with Gasteiger partial charge in [-0.25, -0.2) is 0 Å². The van der Waals surface area contributed by atoms with Crippen molar-refractivity contribution in [1.29, 1.82) is 0 Å². The van der Waals surface area contributed by atoms with Gasteiger partial charge in [-0.2, -0.15) is 0 Å². The van der Waals surface area contributed by atoms with Gasteiger partial charge in [0.1, 0.15) is 4.99 Å². The van der Waals surface area contributed by atoms with E-state index < -0.39 is 0 Å². The minimum absolute atomic E-state index is 0.0103. The van der Waals surface area contributed by atoms with Crippen LogP contribution < -0.4 is 16.4 Å². The van der Waals surface area contributed by atoms with E-state index in [0.717, 1.165) is 11.3 Å². The van der Waals surface area contributed by atoms with E-state index in [-0.39, 0.29) is 11.4 Å². The molecule has 4 N–H and O–H groups in total. The Balaban J connectivity index is 2.60. The molecule has 0 saturated carbocycles. The van der Waals surface area contributed by atoms with Gasteiger partial charge in [-0.15, -0.1) is 0 Å². The predicted molar refractivity (Wildman–Crippen MR) is 88.3 cm³/mol. The molecule has 0 bridgehead atoms. The number of halogens is 1. The zero-order valence-corrected chi connectivity index (χ0v) is 13.5. The summed E-state index contributed by atoms with van der Waals surface area (Å²) in [6.45, 7) is 6.32. The fraction of sp³-hybridized carbons (Fsp3) is 0.429. The molecule has 0 spiro atoms. The van der Waals surface area contributed by atoms with Gasteiger partial charge in [0.15, 0.2) is 0 Å². The summed E-state index contributed by atoms with van der Waals surface area (Å²) in [5.74, 6) is -0.0103. The van der Waals surface area contributed by atoms with Crippen LogP contribution in [0.1, 0.15) is 32.8 Å². The van der Waals surface area contributed by atoms with E-state index in [1.165, 1.54) is 0 Å². The number of rotatable bonds is 5. The molecule has 110 valence electrons. The molecule has 0 aromatic heterocycles. The van der Waals surface area contributed by atoms with Gasteiger partial charge in [-0.1, -0.05) is 23.8 Å². The van der Waals surface area contributed by atoms with E-state index in [1.807, 2.05) is 20.8 Å². The van der Waals surface area contributed by atoms with Crippen LogP contribution in [0.25, 0.3) is 0 Å². The van der Waals surface area contributed by atoms with E-state index in [4.69, 9.17) is 29.6 Å². The van der Waals surface area contributed by atoms with Crippen molar-refractivity contribution in [2.24, 2.45) is 5.73 Å². The van der Waals surface area contributed by atoms with Gasteiger partial charge < -0.3 is 16.4 Å². The largest absolute Gasteiger partial charge is 0.389 e. The number of carbonyl (C=O) groups is 1. The molecule has 0 unspecified atom stereocenters. The molecule has 20 heavy (non-hydrogen) atoms. The van der Waals surface area contributed by atoms with Crippen LogP contribution in [-0.2, 0) is 4.79 Å². The fourth-order valence-electron chi connectivity index (χ4n) is 1.67. The monoisotopic (exact) mass is 313 g/mol. The second kappa shape index (κ2) is 6.90. The number of benzene rings is 1. The number of thiocarbonyl (C=S) groups is 1. The summed E-state index contributed by atoms with van der Waals surface area (Å²) in [6.07, 6.45) is 0.362. The van der Waals surface area contributed by atoms with Crippen LogP contribution in [-0.4, -0.2) is 23.0 Å². The highest BCUT2D eigenvalue weighted by Crippen LogP contribution is 2.21. The molecule has 1 aromatic rings. The smallest absolute Gasteiger partial charge is 0.222 e. The maximum absolute atomic E-state index is 11.7. The summed E-state index contributed by atoms with van der Waals surface area (Å²) < 4.78 is 0. The minimum atomic E-state index is -0.225. The second-order valence-electron chi connectivity index (χ2n) is 5.53. The summed E-state index contributed by atoms with van der Waals surface area (Å²) in [6, 6.07) is 5.24. The minimum Gasteiger partial charge on any atom is -0.389 e. The Morgan fingerprint density at radius 1 is 1.40 bits per heavy atom. The molecule has 1 aromatic carbocycles. The maximum Gasteiger partial charge on any atom is 0.222 e. The van der Waals surface area contributed by atoms with Crippen molar-refractivity contribution in [2.45, 2.75) is 32.7 Å². The first-order valence-corrected chi connectivity index (χ1v) is 7.12. The summed E-state index contributed by atoms with van der Waals surface area (Å²) in [5.41, 5.74) is 6.89. The number of carbonyl (C=O) groups excluding carboxylic acids is 1. The molecule has 0 atom stereocenters. The Morgan fingerprint density at radius 2 is 2.05 bits per heavy atom. The van der Waals surface area contributed by atoms with Gasteiger partial charge in [0.25, 0.3) is 0 Å². The standard InChI is InChI=1S/C14H20ClN3OS/c1-14(2,3)18-12(19)6-7-17-11-8-9(15)4-5-10(11)13(16)20/h4-5,8,17H,6-7H2,1-3H3,(H2,16,20)(H,18,19). The van der Waals surface area contributed by atoms with Crippen LogP contribution in [0.2, 0.25) is 5.02 Å². The summed E-state index contributed by atoms with van der Waals surface area (Å²) in [7, 11) is 0. The van der Waals surface area contributed by atoms with Crippen molar-refractivity contribution in [3.8, 4) is 0 Å². The molecule has 6 heteroatoms. The summed E-state index contributed by atoms with van der Waals surface area (Å²) in [5, 5.41) is 6.63. The first-order chi connectivity index (χ1) is 9.19. The number of anilines is 1. The van der Waals surface area contributed by atoms with Crippen molar-refractivity contribution >= 4 is 40.4 Å². The third kappa shape index (κ3) is 5.75. The van der Waals surface area contributed by atoms with Crippen molar-refractivity contribution < 1.29 is 4.79 Å². The van der Waals surface area contributed by atoms with Gasteiger partial charge in [-0.05, 0) is 39.0 Å². The van der Waals surface area contributed by atoms with Gasteiger partial charge in [0.2, 0.25) is 5.91 Å². The zero-order chi connectivity index (χ0) is 15.3. The van der Waals surface area contributed by atoms with E-state index in [9.17, 15) is 4.79 Å². The van der Waals surface area contributed by atoms with Crippen molar-refractivity contribution in [1.82, 2.24) is 5.32 Å². The van der Waals surface area contributed by atoms with Gasteiger partial charge in [0, 0.05) is 34.8 Å². The number of hydrogen-bond acceptors (Lipinski definition) is 3. The molecule has 1 amide bonds. The van der Waals surface area contributed by atoms with Crippen LogP contribution in [0.15, 0.2) is 18.2 Å². The molecule has 0 aliphatic rings. The zero-order valence-electron chi connectivity index (χ0n) is 11.9. The molecule has 0 aliphatic heterocycles. The Kier molecular flexibility index (Phi) is 5.77. The molecule has 0 aliphatic carbocycles. The number of amides is 1. The number of hydrogen-bond donors (Lipinski definition) is 3. The first-order valence-electron chi connectivity index (χ1n) is 6.33. The lowest BCUT2D eigenvalue weighted by atomic mass is 10.1. The summed E-state index contributed by atoms with van der Waals surface area (Å²) >= 11 is 10.9. The van der Waals surface area contributed by atoms with Crippen LogP contribution in [0, 0.1) is 0 Å². The molecule has 0 saturated heterocycles. The van der Waals surface area contributed by atoms with Gasteiger partial charge in [-0.3, -0.25) is 4.79 Å². The second-order valence-corrected chi connectivity index (χ2v) is 6.41. The summed E-state index contributed by atoms with van der Waals surface area (Å²) in [4.78, 5) is 12.0. The molecule has 1 rings (SSSR count). The molecule has 0 radical (unpaired) electrons. The molecular weight excluding hydrogens is 294 g/mol. The fourth-order valence-corrected chi connectivity index (χ4v) is 2.02. The van der Waals surface area contributed by atoms with Crippen LogP contribution in [0.3, 0.4) is 0 Å². The number of nitrogens with one attached hydrogen (secondary N) is 2. The van der Waals surface area contributed by atoms with E-state index in [1.54, 1.807) is 18.2 Å². The first kappa shape index (κ1) is 16.7. The third-order valence-corrected chi connectivity index (χ3v) is 2.88. The third-order valence-electron chi connectivity index (χ3n) is 2.43. The molecule has 4 nitrogen and oxygen atoms in total. The Bertz CT molecular complexity index is 512. The number of nitrogens with two attached hydrogens (primary N) is 1. The van der Waals surface area contributed by atoms with Gasteiger partial charge >= 0.3 is 0 Å². The van der Waals surface area contributed by atoms with E-state index in [2.05, 4.69) is 10.6 Å². The Hall–Kier alpha value is -1.33.